The third-order valence-corrected chi connectivity index (χ3v) is 8.28. The summed E-state index contributed by atoms with van der Waals surface area (Å²) in [5.74, 6) is 0.680. The Morgan fingerprint density at radius 1 is 1.02 bits per heavy atom. The molecule has 42 heavy (non-hydrogen) atoms. The van der Waals surface area contributed by atoms with Crippen LogP contribution in [-0.4, -0.2) is 61.1 Å². The number of nitrogens with zero attached hydrogens (tertiary/aromatic N) is 1. The summed E-state index contributed by atoms with van der Waals surface area (Å²) >= 11 is 6.00. The molecule has 8 heteroatoms. The van der Waals surface area contributed by atoms with Crippen LogP contribution < -0.4 is 16.4 Å². The van der Waals surface area contributed by atoms with Crippen LogP contribution in [0.1, 0.15) is 48.3 Å². The van der Waals surface area contributed by atoms with Crippen LogP contribution in [0.3, 0.4) is 0 Å². The number of carbonyl (C=O) groups excluding carboxylic acids is 2. The topological polar surface area (TPSA) is 96.7 Å². The fourth-order valence-corrected chi connectivity index (χ4v) is 5.83. The molecule has 7 nitrogen and oxygen atoms in total. The van der Waals surface area contributed by atoms with Gasteiger partial charge in [0.2, 0.25) is 5.91 Å². The molecule has 2 aliphatic rings. The zero-order valence-electron chi connectivity index (χ0n) is 23.8. The minimum atomic E-state index is -0.579. The maximum atomic E-state index is 13.8. The normalized spacial score (nSPS) is 20.6. The van der Waals surface area contributed by atoms with E-state index in [0.717, 1.165) is 18.4 Å². The summed E-state index contributed by atoms with van der Waals surface area (Å²) in [5, 5.41) is 7.26. The number of benzene rings is 3. The van der Waals surface area contributed by atoms with Gasteiger partial charge in [0, 0.05) is 48.6 Å². The van der Waals surface area contributed by atoms with E-state index in [1.807, 2.05) is 59.5 Å². The minimum absolute atomic E-state index is 0.0531. The molecule has 1 saturated heterocycles. The number of hydrogen-bond acceptors (Lipinski definition) is 5. The van der Waals surface area contributed by atoms with Crippen molar-refractivity contribution in [3.05, 3.63) is 113 Å². The standard InChI is InChI=1S/C34H39ClN4O3/c35-27-15-13-26(14-16-27)31-17-18-32(42-31)33(40)37-22-28-19-21-39(34(41)30(38-28)12-7-20-36)23-29(24-8-3-1-4-9-24)25-10-5-2-6-11-25/h1-6,8-11,13-17,28-30,32,38H,7,12,18-23,36H2,(H,37,40)/t28-,30-,32?/m0/s1. The first-order valence-corrected chi connectivity index (χ1v) is 15.1. The first-order chi connectivity index (χ1) is 20.5. The zero-order chi connectivity index (χ0) is 29.3. The van der Waals surface area contributed by atoms with Gasteiger partial charge in [0.1, 0.15) is 5.76 Å². The number of rotatable bonds is 11. The molecule has 2 aliphatic heterocycles. The van der Waals surface area contributed by atoms with Crippen LogP contribution in [0.25, 0.3) is 5.76 Å². The second-order valence-electron chi connectivity index (χ2n) is 11.0. The Labute approximate surface area is 253 Å². The maximum Gasteiger partial charge on any atom is 0.261 e. The molecule has 0 radical (unpaired) electrons. The number of ether oxygens (including phenoxy) is 1. The smallest absolute Gasteiger partial charge is 0.261 e. The summed E-state index contributed by atoms with van der Waals surface area (Å²) in [7, 11) is 0. The van der Waals surface area contributed by atoms with Crippen LogP contribution in [0.15, 0.2) is 91.0 Å². The van der Waals surface area contributed by atoms with Crippen molar-refractivity contribution in [2.24, 2.45) is 5.73 Å². The molecule has 5 rings (SSSR count). The molecule has 0 saturated carbocycles. The SMILES string of the molecule is NCCC[C@@H]1N[C@H](CNC(=O)C2CC=C(c3ccc(Cl)cc3)O2)CCN(CC(c2ccccc2)c2ccccc2)C1=O. The Bertz CT molecular complexity index is 1310. The van der Waals surface area contributed by atoms with Crippen LogP contribution in [0, 0.1) is 0 Å². The Morgan fingerprint density at radius 3 is 2.33 bits per heavy atom. The van der Waals surface area contributed by atoms with Crippen LogP contribution in [-0.2, 0) is 14.3 Å². The average Bonchev–Trinajstić information content (AvgIpc) is 3.47. The van der Waals surface area contributed by atoms with E-state index in [0.29, 0.717) is 49.8 Å². The van der Waals surface area contributed by atoms with E-state index in [1.165, 1.54) is 11.1 Å². The lowest BCUT2D eigenvalue weighted by atomic mass is 9.90. The van der Waals surface area contributed by atoms with Gasteiger partial charge in [-0.2, -0.15) is 0 Å². The van der Waals surface area contributed by atoms with Crippen LogP contribution in [0.4, 0.5) is 0 Å². The van der Waals surface area contributed by atoms with Gasteiger partial charge >= 0.3 is 0 Å². The van der Waals surface area contributed by atoms with Crippen molar-refractivity contribution in [3.8, 4) is 0 Å². The van der Waals surface area contributed by atoms with E-state index in [1.54, 1.807) is 12.1 Å². The third kappa shape index (κ3) is 7.59. The predicted molar refractivity (Wildman–Crippen MR) is 167 cm³/mol. The van der Waals surface area contributed by atoms with Gasteiger partial charge in [-0.15, -0.1) is 0 Å². The van der Waals surface area contributed by atoms with Gasteiger partial charge in [-0.1, -0.05) is 72.3 Å². The molecule has 3 atom stereocenters. The van der Waals surface area contributed by atoms with Crippen LogP contribution in [0.2, 0.25) is 5.02 Å². The molecule has 2 amide bonds. The molecule has 1 unspecified atom stereocenters. The number of hydrogen-bond donors (Lipinski definition) is 3. The fraction of sp³-hybridized carbons (Fsp3) is 0.353. The Kier molecular flexibility index (Phi) is 10.3. The first kappa shape index (κ1) is 29.8. The highest BCUT2D eigenvalue weighted by molar-refractivity contribution is 6.30. The highest BCUT2D eigenvalue weighted by atomic mass is 35.5. The highest BCUT2D eigenvalue weighted by Gasteiger charge is 2.33. The lowest BCUT2D eigenvalue weighted by Crippen LogP contribution is -2.50. The van der Waals surface area contributed by atoms with Gasteiger partial charge in [0.25, 0.3) is 5.91 Å². The molecule has 220 valence electrons. The molecular weight excluding hydrogens is 548 g/mol. The summed E-state index contributed by atoms with van der Waals surface area (Å²) in [4.78, 5) is 28.9. The number of nitrogens with two attached hydrogens (primary N) is 1. The molecule has 1 fully saturated rings. The summed E-state index contributed by atoms with van der Waals surface area (Å²) in [6.45, 7) is 2.12. The molecule has 4 N–H and O–H groups in total. The molecule has 3 aromatic carbocycles. The second kappa shape index (κ2) is 14.5. The van der Waals surface area contributed by atoms with Crippen LogP contribution >= 0.6 is 11.6 Å². The Hall–Kier alpha value is -3.65. The van der Waals surface area contributed by atoms with Gasteiger partial charge < -0.3 is 26.0 Å². The maximum absolute atomic E-state index is 13.8. The largest absolute Gasteiger partial charge is 0.480 e. The predicted octanol–water partition coefficient (Wildman–Crippen LogP) is 4.72. The van der Waals surface area contributed by atoms with E-state index in [2.05, 4.69) is 34.9 Å². The molecular formula is C34H39ClN4O3. The summed E-state index contributed by atoms with van der Waals surface area (Å²) < 4.78 is 5.96. The van der Waals surface area contributed by atoms with Gasteiger partial charge in [0.15, 0.2) is 6.10 Å². The van der Waals surface area contributed by atoms with E-state index in [4.69, 9.17) is 22.1 Å². The average molecular weight is 587 g/mol. The van der Waals surface area contributed by atoms with Gasteiger partial charge in [0.05, 0.1) is 6.04 Å². The Balaban J connectivity index is 1.23. The van der Waals surface area contributed by atoms with Gasteiger partial charge in [-0.3, -0.25) is 9.59 Å². The quantitative estimate of drug-likeness (QED) is 0.302. The van der Waals surface area contributed by atoms with E-state index in [-0.39, 0.29) is 29.8 Å². The van der Waals surface area contributed by atoms with Crippen molar-refractivity contribution >= 4 is 29.2 Å². The van der Waals surface area contributed by atoms with E-state index >= 15 is 0 Å². The number of carbonyl (C=O) groups is 2. The van der Waals surface area contributed by atoms with E-state index < -0.39 is 6.10 Å². The monoisotopic (exact) mass is 586 g/mol. The van der Waals surface area contributed by atoms with Crippen molar-refractivity contribution in [2.45, 2.75) is 49.8 Å². The summed E-state index contributed by atoms with van der Waals surface area (Å²) in [6.07, 6.45) is 3.98. The van der Waals surface area contributed by atoms with Crippen molar-refractivity contribution in [1.29, 1.82) is 0 Å². The first-order valence-electron chi connectivity index (χ1n) is 14.8. The molecule has 3 aromatic rings. The minimum Gasteiger partial charge on any atom is -0.480 e. The second-order valence-corrected chi connectivity index (χ2v) is 11.4. The van der Waals surface area contributed by atoms with E-state index in [9.17, 15) is 9.59 Å². The molecule has 0 aromatic heterocycles. The number of amides is 2. The summed E-state index contributed by atoms with van der Waals surface area (Å²) in [5.41, 5.74) is 9.08. The van der Waals surface area contributed by atoms with Gasteiger partial charge in [-0.05, 0) is 67.3 Å². The van der Waals surface area contributed by atoms with Crippen LogP contribution in [0.5, 0.6) is 0 Å². The van der Waals surface area contributed by atoms with Crippen molar-refractivity contribution in [1.82, 2.24) is 15.5 Å². The highest BCUT2D eigenvalue weighted by Crippen LogP contribution is 2.28. The zero-order valence-corrected chi connectivity index (χ0v) is 24.5. The number of nitrogens with one attached hydrogen (secondary N) is 2. The summed E-state index contributed by atoms with van der Waals surface area (Å²) in [6, 6.07) is 27.7. The van der Waals surface area contributed by atoms with Crippen molar-refractivity contribution in [2.75, 3.05) is 26.2 Å². The van der Waals surface area contributed by atoms with Crippen molar-refractivity contribution in [3.63, 3.8) is 0 Å². The Morgan fingerprint density at radius 2 is 1.69 bits per heavy atom. The fourth-order valence-electron chi connectivity index (χ4n) is 5.71. The lowest BCUT2D eigenvalue weighted by molar-refractivity contribution is -0.133. The van der Waals surface area contributed by atoms with Crippen molar-refractivity contribution < 1.29 is 14.3 Å². The molecule has 0 aliphatic carbocycles. The molecule has 2 heterocycles. The lowest BCUT2D eigenvalue weighted by Gasteiger charge is -2.29. The number of halogens is 1. The van der Waals surface area contributed by atoms with Gasteiger partial charge in [-0.25, -0.2) is 0 Å². The molecule has 0 bridgehead atoms. The molecule has 0 spiro atoms. The third-order valence-electron chi connectivity index (χ3n) is 8.03.